The quantitative estimate of drug-likeness (QED) is 0.0211. The van der Waals surface area contributed by atoms with Crippen molar-refractivity contribution < 1.29 is 42.1 Å². The Balaban J connectivity index is 4.27. The number of rotatable bonds is 50. The first-order valence-electron chi connectivity index (χ1n) is 29.2. The number of carbonyl (C=O) groups is 2. The Morgan fingerprint density at radius 1 is 0.410 bits per heavy atom. The van der Waals surface area contributed by atoms with Crippen molar-refractivity contribution in [2.75, 3.05) is 47.5 Å². The SMILES string of the molecule is CC/C=C\C/C=C\C/C=C\C/C=C\C/C=C\C/C=C\C/C=C\C/C=C\C/C=C\C/C=C\C/C=C\CCCCCCCC(=O)OC(COC(=O)C/C=C\C/C=C\C/C=C\C/C=C\C/C=C\CC)COP(=O)(O)OCC[N+](C)(C)C. The molecule has 0 heterocycles. The second kappa shape index (κ2) is 56.6. The van der Waals surface area contributed by atoms with E-state index in [0.29, 0.717) is 23.9 Å². The van der Waals surface area contributed by atoms with Crippen LogP contribution < -0.4 is 0 Å². The van der Waals surface area contributed by atoms with Crippen molar-refractivity contribution in [2.24, 2.45) is 0 Å². The summed E-state index contributed by atoms with van der Waals surface area (Å²) < 4.78 is 34.3. The molecule has 0 aromatic heterocycles. The first kappa shape index (κ1) is 72.8. The van der Waals surface area contributed by atoms with Crippen LogP contribution >= 0.6 is 7.82 Å². The zero-order valence-corrected chi connectivity index (χ0v) is 49.9. The minimum atomic E-state index is -4.42. The number of quaternary nitrogens is 1. The van der Waals surface area contributed by atoms with E-state index in [4.69, 9.17) is 18.5 Å². The van der Waals surface area contributed by atoms with Gasteiger partial charge in [0.1, 0.15) is 19.8 Å². The predicted molar refractivity (Wildman–Crippen MR) is 334 cm³/mol. The fraction of sp³-hybridized carbons (Fsp3) is 0.500. The predicted octanol–water partition coefficient (Wildman–Crippen LogP) is 18.6. The van der Waals surface area contributed by atoms with E-state index in [1.807, 2.05) is 33.3 Å². The average molecular weight is 1100 g/mol. The normalized spacial score (nSPS) is 14.7. The van der Waals surface area contributed by atoms with E-state index in [1.54, 1.807) is 6.08 Å². The molecule has 0 aliphatic heterocycles. The zero-order chi connectivity index (χ0) is 57.0. The van der Waals surface area contributed by atoms with Gasteiger partial charge in [0.15, 0.2) is 6.10 Å². The number of unbranched alkanes of at least 4 members (excludes halogenated alkanes) is 5. The summed E-state index contributed by atoms with van der Waals surface area (Å²) in [5.41, 5.74) is 0. The van der Waals surface area contributed by atoms with E-state index in [1.165, 1.54) is 0 Å². The number of nitrogens with zero attached hydrogens (tertiary/aromatic N) is 1. The lowest BCUT2D eigenvalue weighted by Gasteiger charge is -2.24. The molecule has 2 unspecified atom stereocenters. The van der Waals surface area contributed by atoms with Gasteiger partial charge >= 0.3 is 19.8 Å². The summed E-state index contributed by atoms with van der Waals surface area (Å²) in [4.78, 5) is 35.5. The van der Waals surface area contributed by atoms with Crippen LogP contribution in [0.1, 0.15) is 168 Å². The monoisotopic (exact) mass is 1090 g/mol. The summed E-state index contributed by atoms with van der Waals surface area (Å²) in [5, 5.41) is 0. The largest absolute Gasteiger partial charge is 0.472 e. The first-order chi connectivity index (χ1) is 38.0. The molecule has 0 saturated carbocycles. The smallest absolute Gasteiger partial charge is 0.461 e. The Labute approximate surface area is 475 Å². The van der Waals surface area contributed by atoms with Crippen molar-refractivity contribution in [1.82, 2.24) is 0 Å². The molecule has 434 valence electrons. The van der Waals surface area contributed by atoms with Gasteiger partial charge in [-0.15, -0.1) is 0 Å². The van der Waals surface area contributed by atoms with Crippen LogP contribution in [0.2, 0.25) is 0 Å². The van der Waals surface area contributed by atoms with Gasteiger partial charge in [0, 0.05) is 6.42 Å². The molecule has 0 bridgehead atoms. The van der Waals surface area contributed by atoms with Gasteiger partial charge in [-0.3, -0.25) is 18.6 Å². The standard InChI is InChI=1S/C68H104NO8P/c1-6-8-10-12-14-16-18-20-22-23-24-25-26-27-28-29-30-31-32-33-34-35-36-37-38-39-40-41-42-43-44-45-47-49-51-53-55-57-59-61-68(71)77-66(65-76-78(72,73)75-63-62-69(3,4)5)64-74-67(70)60-58-56-54-52-50-48-46-21-19-17-15-13-11-9-7-2/h8-11,14-17,20-22,24-25,27-28,30-31,33-34,36-37,39-40,42-43,45-47,50,52,56,58,66H,6-7,12-13,18-19,23,26,29,32,35,38,41,44,48-49,51,53-55,57,59-65H2,1-5H3/p+1/b10-8-,11-9-,16-14-,17-15-,22-20-,25-24-,28-27-,31-30-,34-33-,37-36-,40-39-,43-42-,46-21-,47-45-,52-50-,58-56-. The third-order valence-electron chi connectivity index (χ3n) is 11.2. The van der Waals surface area contributed by atoms with Crippen LogP contribution in [0.4, 0.5) is 0 Å². The number of hydrogen-bond donors (Lipinski definition) is 1. The lowest BCUT2D eigenvalue weighted by molar-refractivity contribution is -0.870. The molecule has 0 radical (unpaired) electrons. The van der Waals surface area contributed by atoms with Gasteiger partial charge in [0.2, 0.25) is 0 Å². The van der Waals surface area contributed by atoms with Gasteiger partial charge < -0.3 is 18.9 Å². The minimum absolute atomic E-state index is 0.00238. The van der Waals surface area contributed by atoms with Gasteiger partial charge in [-0.1, -0.05) is 228 Å². The minimum Gasteiger partial charge on any atom is -0.461 e. The van der Waals surface area contributed by atoms with E-state index in [9.17, 15) is 19.0 Å². The molecular formula is C68H105NO8P+. The molecule has 0 saturated heterocycles. The second-order valence-electron chi connectivity index (χ2n) is 19.6. The van der Waals surface area contributed by atoms with Crippen LogP contribution in [0.25, 0.3) is 0 Å². The maximum absolute atomic E-state index is 12.8. The van der Waals surface area contributed by atoms with E-state index < -0.39 is 32.5 Å². The summed E-state index contributed by atoms with van der Waals surface area (Å²) in [6.45, 7) is 4.02. The topological polar surface area (TPSA) is 108 Å². The van der Waals surface area contributed by atoms with Crippen molar-refractivity contribution >= 4 is 19.8 Å². The third kappa shape index (κ3) is 60.1. The fourth-order valence-electron chi connectivity index (χ4n) is 6.74. The Bertz CT molecular complexity index is 2010. The highest BCUT2D eigenvalue weighted by Crippen LogP contribution is 2.43. The molecule has 10 heteroatoms. The summed E-state index contributed by atoms with van der Waals surface area (Å²) in [6.07, 6.45) is 89.7. The molecule has 9 nitrogen and oxygen atoms in total. The van der Waals surface area contributed by atoms with Crippen molar-refractivity contribution in [3.63, 3.8) is 0 Å². The van der Waals surface area contributed by atoms with Crippen LogP contribution in [-0.2, 0) is 32.7 Å². The Kier molecular flexibility index (Phi) is 52.8. The van der Waals surface area contributed by atoms with Crippen LogP contribution in [0, 0.1) is 0 Å². The van der Waals surface area contributed by atoms with E-state index in [2.05, 4.69) is 190 Å². The molecule has 2 atom stereocenters. The highest BCUT2D eigenvalue weighted by Gasteiger charge is 2.27. The van der Waals surface area contributed by atoms with Crippen LogP contribution in [0.3, 0.4) is 0 Å². The number of esters is 2. The number of allylic oxidation sites excluding steroid dienone is 31. The van der Waals surface area contributed by atoms with E-state index >= 15 is 0 Å². The van der Waals surface area contributed by atoms with Crippen LogP contribution in [0.5, 0.6) is 0 Å². The molecule has 0 aromatic rings. The number of ether oxygens (including phenoxy) is 2. The number of carbonyl (C=O) groups excluding carboxylic acids is 2. The Morgan fingerprint density at radius 3 is 1.09 bits per heavy atom. The van der Waals surface area contributed by atoms with Gasteiger partial charge in [0.25, 0.3) is 0 Å². The fourth-order valence-corrected chi connectivity index (χ4v) is 7.48. The number of phosphoric acid groups is 1. The first-order valence-corrected chi connectivity index (χ1v) is 30.7. The van der Waals surface area contributed by atoms with Gasteiger partial charge in [-0.25, -0.2) is 4.57 Å². The maximum atomic E-state index is 12.8. The summed E-state index contributed by atoms with van der Waals surface area (Å²) in [6, 6.07) is 0. The van der Waals surface area contributed by atoms with Gasteiger partial charge in [-0.2, -0.15) is 0 Å². The molecule has 78 heavy (non-hydrogen) atoms. The van der Waals surface area contributed by atoms with Gasteiger partial charge in [-0.05, 0) is 122 Å². The lowest BCUT2D eigenvalue weighted by Crippen LogP contribution is -2.37. The highest BCUT2D eigenvalue weighted by atomic mass is 31.2. The summed E-state index contributed by atoms with van der Waals surface area (Å²) in [7, 11) is 1.38. The highest BCUT2D eigenvalue weighted by molar-refractivity contribution is 7.47. The molecule has 0 spiro atoms. The summed E-state index contributed by atoms with van der Waals surface area (Å²) >= 11 is 0. The molecular weight excluding hydrogens is 990 g/mol. The average Bonchev–Trinajstić information content (AvgIpc) is 3.41. The summed E-state index contributed by atoms with van der Waals surface area (Å²) in [5.74, 6) is -0.988. The van der Waals surface area contributed by atoms with Crippen molar-refractivity contribution in [1.29, 1.82) is 0 Å². The number of phosphoric ester groups is 1. The number of hydrogen-bond acceptors (Lipinski definition) is 7. The number of likely N-dealkylation sites (N-methyl/N-ethyl adjacent to an activating group) is 1. The third-order valence-corrected chi connectivity index (χ3v) is 12.1. The molecule has 0 aliphatic rings. The Morgan fingerprint density at radius 2 is 0.731 bits per heavy atom. The van der Waals surface area contributed by atoms with Crippen LogP contribution in [0.15, 0.2) is 194 Å². The maximum Gasteiger partial charge on any atom is 0.472 e. The second-order valence-corrected chi connectivity index (χ2v) is 21.0. The lowest BCUT2D eigenvalue weighted by atomic mass is 10.1. The molecule has 0 aliphatic carbocycles. The van der Waals surface area contributed by atoms with E-state index in [-0.39, 0.29) is 26.1 Å². The molecule has 1 N–H and O–H groups in total. The molecule has 0 amide bonds. The van der Waals surface area contributed by atoms with Crippen LogP contribution in [-0.4, -0.2) is 74.9 Å². The molecule has 0 fully saturated rings. The molecule has 0 aromatic carbocycles. The zero-order valence-electron chi connectivity index (χ0n) is 49.1. The van der Waals surface area contributed by atoms with Crippen molar-refractivity contribution in [3.05, 3.63) is 194 Å². The Hall–Kier alpha value is -5.15. The van der Waals surface area contributed by atoms with Gasteiger partial charge in [0.05, 0.1) is 34.2 Å². The van der Waals surface area contributed by atoms with Crippen molar-refractivity contribution in [3.8, 4) is 0 Å². The van der Waals surface area contributed by atoms with Crippen molar-refractivity contribution in [2.45, 2.75) is 174 Å². The molecule has 0 rings (SSSR count). The van der Waals surface area contributed by atoms with E-state index in [0.717, 1.165) is 128 Å².